The molecule has 1 atom stereocenters. The van der Waals surface area contributed by atoms with Crippen molar-refractivity contribution < 1.29 is 9.32 Å². The van der Waals surface area contributed by atoms with Gasteiger partial charge in [-0.25, -0.2) is 0 Å². The predicted molar refractivity (Wildman–Crippen MR) is 66.2 cm³/mol. The van der Waals surface area contributed by atoms with Crippen LogP contribution >= 0.6 is 12.4 Å². The van der Waals surface area contributed by atoms with E-state index in [0.717, 1.165) is 19.5 Å². The van der Waals surface area contributed by atoms with Crippen LogP contribution in [0.15, 0.2) is 10.6 Å². The average molecular weight is 261 g/mol. The van der Waals surface area contributed by atoms with Crippen molar-refractivity contribution in [1.82, 2.24) is 10.1 Å². The molecule has 3 N–H and O–H groups in total. The Labute approximate surface area is 106 Å². The first-order valence-corrected chi connectivity index (χ1v) is 5.34. The van der Waals surface area contributed by atoms with Crippen LogP contribution < -0.4 is 11.1 Å². The molecule has 2 heterocycles. The summed E-state index contributed by atoms with van der Waals surface area (Å²) in [5.74, 6) is 1.06. The Morgan fingerprint density at radius 2 is 2.53 bits per heavy atom. The minimum atomic E-state index is -0.0811. The van der Waals surface area contributed by atoms with E-state index in [9.17, 15) is 4.79 Å². The van der Waals surface area contributed by atoms with E-state index in [1.165, 1.54) is 0 Å². The van der Waals surface area contributed by atoms with Gasteiger partial charge in [-0.2, -0.15) is 0 Å². The van der Waals surface area contributed by atoms with Gasteiger partial charge in [0.15, 0.2) is 5.82 Å². The number of carbonyl (C=O) groups is 1. The number of likely N-dealkylation sites (tertiary alicyclic amines) is 1. The van der Waals surface area contributed by atoms with E-state index in [-0.39, 0.29) is 24.4 Å². The number of aromatic nitrogens is 1. The zero-order chi connectivity index (χ0) is 11.5. The molecule has 1 aromatic heterocycles. The molecule has 1 aliphatic heterocycles. The number of hydrogen-bond donors (Lipinski definition) is 2. The lowest BCUT2D eigenvalue weighted by Gasteiger charge is -2.13. The van der Waals surface area contributed by atoms with Gasteiger partial charge in [0.05, 0.1) is 6.54 Å². The Kier molecular flexibility index (Phi) is 4.92. The van der Waals surface area contributed by atoms with Crippen molar-refractivity contribution in [2.45, 2.75) is 19.4 Å². The summed E-state index contributed by atoms with van der Waals surface area (Å²) in [7, 11) is 0. The number of hydrogen-bond acceptors (Lipinski definition) is 5. The zero-order valence-electron chi connectivity index (χ0n) is 9.68. The lowest BCUT2D eigenvalue weighted by atomic mass is 10.3. The molecule has 0 unspecified atom stereocenters. The minimum Gasteiger partial charge on any atom is -0.360 e. The van der Waals surface area contributed by atoms with Gasteiger partial charge < -0.3 is 15.6 Å². The molecule has 96 valence electrons. The predicted octanol–water partition coefficient (Wildman–Crippen LogP) is 0.376. The second-order valence-electron chi connectivity index (χ2n) is 4.15. The maximum Gasteiger partial charge on any atom is 0.239 e. The lowest BCUT2D eigenvalue weighted by molar-refractivity contribution is -0.117. The SMILES string of the molecule is Cc1cc(NC(=O)CN2CC[C@H](N)C2)no1.Cl. The quantitative estimate of drug-likeness (QED) is 0.821. The van der Waals surface area contributed by atoms with Gasteiger partial charge in [0.25, 0.3) is 0 Å². The largest absolute Gasteiger partial charge is 0.360 e. The van der Waals surface area contributed by atoms with Crippen molar-refractivity contribution in [1.29, 1.82) is 0 Å². The van der Waals surface area contributed by atoms with Gasteiger partial charge in [-0.3, -0.25) is 9.69 Å². The van der Waals surface area contributed by atoms with Gasteiger partial charge in [0.2, 0.25) is 5.91 Å². The fourth-order valence-corrected chi connectivity index (χ4v) is 1.82. The van der Waals surface area contributed by atoms with Crippen molar-refractivity contribution in [3.05, 3.63) is 11.8 Å². The summed E-state index contributed by atoms with van der Waals surface area (Å²) in [5.41, 5.74) is 5.76. The molecule has 0 radical (unpaired) electrons. The first-order valence-electron chi connectivity index (χ1n) is 5.34. The van der Waals surface area contributed by atoms with Crippen molar-refractivity contribution in [2.24, 2.45) is 5.73 Å². The lowest BCUT2D eigenvalue weighted by Crippen LogP contribution is -2.33. The summed E-state index contributed by atoms with van der Waals surface area (Å²) < 4.78 is 4.85. The normalized spacial score (nSPS) is 20.0. The fraction of sp³-hybridized carbons (Fsp3) is 0.600. The van der Waals surface area contributed by atoms with Gasteiger partial charge in [-0.05, 0) is 13.3 Å². The number of amides is 1. The summed E-state index contributed by atoms with van der Waals surface area (Å²) >= 11 is 0. The van der Waals surface area contributed by atoms with E-state index in [0.29, 0.717) is 18.1 Å². The Hall–Kier alpha value is -1.11. The minimum absolute atomic E-state index is 0. The molecule has 2 rings (SSSR count). The second kappa shape index (κ2) is 6.00. The molecule has 0 bridgehead atoms. The maximum absolute atomic E-state index is 11.6. The molecule has 1 fully saturated rings. The van der Waals surface area contributed by atoms with Gasteiger partial charge >= 0.3 is 0 Å². The molecule has 0 aliphatic carbocycles. The van der Waals surface area contributed by atoms with Crippen LogP contribution in [0.4, 0.5) is 5.82 Å². The third-order valence-corrected chi connectivity index (χ3v) is 2.57. The van der Waals surface area contributed by atoms with E-state index < -0.39 is 0 Å². The number of anilines is 1. The van der Waals surface area contributed by atoms with Crippen molar-refractivity contribution in [3.8, 4) is 0 Å². The zero-order valence-corrected chi connectivity index (χ0v) is 10.5. The van der Waals surface area contributed by atoms with Crippen LogP contribution in [-0.4, -0.2) is 41.6 Å². The molecule has 17 heavy (non-hydrogen) atoms. The molecular weight excluding hydrogens is 244 g/mol. The van der Waals surface area contributed by atoms with Crippen molar-refractivity contribution >= 4 is 24.1 Å². The van der Waals surface area contributed by atoms with E-state index in [1.807, 2.05) is 4.90 Å². The average Bonchev–Trinajstić information content (AvgIpc) is 2.76. The van der Waals surface area contributed by atoms with Gasteiger partial charge in [-0.1, -0.05) is 5.16 Å². The van der Waals surface area contributed by atoms with Crippen LogP contribution in [0.2, 0.25) is 0 Å². The van der Waals surface area contributed by atoms with Crippen LogP contribution in [0.25, 0.3) is 0 Å². The van der Waals surface area contributed by atoms with E-state index in [2.05, 4.69) is 10.5 Å². The smallest absolute Gasteiger partial charge is 0.239 e. The Morgan fingerprint density at radius 1 is 1.76 bits per heavy atom. The molecule has 1 amide bonds. The summed E-state index contributed by atoms with van der Waals surface area (Å²) in [4.78, 5) is 13.6. The second-order valence-corrected chi connectivity index (χ2v) is 4.15. The highest BCUT2D eigenvalue weighted by Gasteiger charge is 2.21. The summed E-state index contributed by atoms with van der Waals surface area (Å²) in [6.07, 6.45) is 0.955. The fourth-order valence-electron chi connectivity index (χ4n) is 1.82. The molecule has 1 saturated heterocycles. The number of rotatable bonds is 3. The molecule has 1 aliphatic rings. The molecule has 0 spiro atoms. The topological polar surface area (TPSA) is 84.4 Å². The van der Waals surface area contributed by atoms with E-state index in [4.69, 9.17) is 10.3 Å². The first-order chi connectivity index (χ1) is 7.63. The Bertz CT molecular complexity index is 382. The number of nitrogens with zero attached hydrogens (tertiary/aromatic N) is 2. The van der Waals surface area contributed by atoms with E-state index >= 15 is 0 Å². The monoisotopic (exact) mass is 260 g/mol. The Morgan fingerprint density at radius 3 is 3.06 bits per heavy atom. The highest BCUT2D eigenvalue weighted by molar-refractivity contribution is 5.91. The molecule has 1 aromatic rings. The number of nitrogens with two attached hydrogens (primary N) is 1. The summed E-state index contributed by atoms with van der Waals surface area (Å²) in [5, 5.41) is 6.37. The van der Waals surface area contributed by atoms with Crippen LogP contribution in [0.5, 0.6) is 0 Å². The van der Waals surface area contributed by atoms with Gasteiger partial charge in [0.1, 0.15) is 5.76 Å². The number of carbonyl (C=O) groups excluding carboxylic acids is 1. The Balaban J connectivity index is 0.00000144. The van der Waals surface area contributed by atoms with Gasteiger partial charge in [0, 0.05) is 25.2 Å². The number of halogens is 1. The number of nitrogens with one attached hydrogen (secondary N) is 1. The first kappa shape index (κ1) is 14.0. The highest BCUT2D eigenvalue weighted by atomic mass is 35.5. The van der Waals surface area contributed by atoms with Gasteiger partial charge in [-0.15, -0.1) is 12.4 Å². The number of aryl methyl sites for hydroxylation is 1. The molecule has 7 heteroatoms. The summed E-state index contributed by atoms with van der Waals surface area (Å²) in [6, 6.07) is 1.88. The maximum atomic E-state index is 11.6. The van der Waals surface area contributed by atoms with Crippen LogP contribution in [0.3, 0.4) is 0 Å². The van der Waals surface area contributed by atoms with Crippen LogP contribution in [-0.2, 0) is 4.79 Å². The van der Waals surface area contributed by atoms with Crippen LogP contribution in [0, 0.1) is 6.92 Å². The standard InChI is InChI=1S/C10H16N4O2.ClH/c1-7-4-9(13-16-7)12-10(15)6-14-3-2-8(11)5-14;/h4,8H,2-3,5-6,11H2,1H3,(H,12,13,15);1H/t8-;/m0./s1. The molecular formula is C10H17ClN4O2. The summed E-state index contributed by atoms with van der Waals surface area (Å²) in [6.45, 7) is 3.81. The van der Waals surface area contributed by atoms with Crippen LogP contribution in [0.1, 0.15) is 12.2 Å². The molecule has 0 aromatic carbocycles. The molecule has 6 nitrogen and oxygen atoms in total. The third kappa shape index (κ3) is 3.99. The van der Waals surface area contributed by atoms with Crippen molar-refractivity contribution in [3.63, 3.8) is 0 Å². The van der Waals surface area contributed by atoms with E-state index in [1.54, 1.807) is 13.0 Å². The molecule has 0 saturated carbocycles. The third-order valence-electron chi connectivity index (χ3n) is 2.57. The highest BCUT2D eigenvalue weighted by Crippen LogP contribution is 2.09. The van der Waals surface area contributed by atoms with Crippen molar-refractivity contribution in [2.75, 3.05) is 25.0 Å².